The number of ether oxygens (including phenoxy) is 1. The molecule has 4 nitrogen and oxygen atoms in total. The summed E-state index contributed by atoms with van der Waals surface area (Å²) in [6.07, 6.45) is 34.8. The second-order valence-corrected chi connectivity index (χ2v) is 11.7. The van der Waals surface area contributed by atoms with Gasteiger partial charge >= 0.3 is 11.9 Å². The van der Waals surface area contributed by atoms with E-state index in [2.05, 4.69) is 13.8 Å². The van der Waals surface area contributed by atoms with Crippen molar-refractivity contribution in [1.29, 1.82) is 0 Å². The minimum absolute atomic E-state index is 0.0127. The molecule has 4 heteroatoms. The zero-order valence-corrected chi connectivity index (χ0v) is 25.8. The molecule has 0 saturated carbocycles. The SMILES string of the molecule is CCCCCCCCCCCCCCCCC(=O)OC(CC)CCCCCCCCCCCCCC(=O)O. The van der Waals surface area contributed by atoms with Crippen LogP contribution in [0.15, 0.2) is 0 Å². The van der Waals surface area contributed by atoms with Crippen molar-refractivity contribution in [2.24, 2.45) is 0 Å². The Balaban J connectivity index is 3.41. The highest BCUT2D eigenvalue weighted by Gasteiger charge is 2.12. The van der Waals surface area contributed by atoms with Crippen molar-refractivity contribution in [3.05, 3.63) is 0 Å². The maximum absolute atomic E-state index is 12.2. The van der Waals surface area contributed by atoms with Gasteiger partial charge in [0.2, 0.25) is 0 Å². The van der Waals surface area contributed by atoms with E-state index in [-0.39, 0.29) is 12.1 Å². The number of esters is 1. The Kier molecular flexibility index (Phi) is 29.6. The highest BCUT2D eigenvalue weighted by atomic mass is 16.5. The standard InChI is InChI=1S/C34H66O4/c1-3-5-6-7-8-9-10-11-12-16-19-22-25-28-31-34(37)38-32(4-2)29-26-23-20-17-14-13-15-18-21-24-27-30-33(35)36/h32H,3-31H2,1-2H3,(H,35,36). The van der Waals surface area contributed by atoms with Crippen molar-refractivity contribution in [3.63, 3.8) is 0 Å². The molecule has 0 aromatic rings. The average Bonchev–Trinajstić information content (AvgIpc) is 2.90. The molecular weight excluding hydrogens is 472 g/mol. The van der Waals surface area contributed by atoms with E-state index in [0.29, 0.717) is 12.8 Å². The second kappa shape index (κ2) is 30.5. The summed E-state index contributed by atoms with van der Waals surface area (Å²) in [6, 6.07) is 0. The zero-order valence-electron chi connectivity index (χ0n) is 25.8. The minimum atomic E-state index is -0.673. The Morgan fingerprint density at radius 1 is 0.500 bits per heavy atom. The second-order valence-electron chi connectivity index (χ2n) is 11.7. The molecule has 0 heterocycles. The van der Waals surface area contributed by atoms with Crippen LogP contribution in [0.5, 0.6) is 0 Å². The van der Waals surface area contributed by atoms with Crippen LogP contribution in [0.4, 0.5) is 0 Å². The fourth-order valence-electron chi connectivity index (χ4n) is 5.29. The number of hydrogen-bond donors (Lipinski definition) is 1. The molecule has 0 radical (unpaired) electrons. The molecule has 0 aliphatic rings. The predicted molar refractivity (Wildman–Crippen MR) is 163 cm³/mol. The third-order valence-corrected chi connectivity index (χ3v) is 7.90. The van der Waals surface area contributed by atoms with Crippen molar-refractivity contribution in [2.45, 2.75) is 206 Å². The lowest BCUT2D eigenvalue weighted by molar-refractivity contribution is -0.149. The molecule has 0 aromatic carbocycles. The number of carbonyl (C=O) groups is 2. The molecule has 1 atom stereocenters. The van der Waals surface area contributed by atoms with E-state index in [1.165, 1.54) is 128 Å². The Morgan fingerprint density at radius 3 is 1.21 bits per heavy atom. The molecule has 0 fully saturated rings. The largest absolute Gasteiger partial charge is 0.481 e. The predicted octanol–water partition coefficient (Wildman–Crippen LogP) is 11.3. The number of unbranched alkanes of at least 4 members (excludes halogenated alkanes) is 23. The first-order chi connectivity index (χ1) is 18.6. The zero-order chi connectivity index (χ0) is 27.9. The quantitative estimate of drug-likeness (QED) is 0.0704. The molecule has 0 saturated heterocycles. The first-order valence-electron chi connectivity index (χ1n) is 17.0. The first-order valence-corrected chi connectivity index (χ1v) is 17.0. The third-order valence-electron chi connectivity index (χ3n) is 7.90. The lowest BCUT2D eigenvalue weighted by Crippen LogP contribution is -2.17. The van der Waals surface area contributed by atoms with Crippen LogP contribution in [-0.4, -0.2) is 23.1 Å². The third kappa shape index (κ3) is 29.5. The molecule has 1 unspecified atom stereocenters. The van der Waals surface area contributed by atoms with Gasteiger partial charge in [-0.15, -0.1) is 0 Å². The molecule has 226 valence electrons. The maximum atomic E-state index is 12.2. The molecule has 0 amide bonds. The Bertz CT molecular complexity index is 505. The van der Waals surface area contributed by atoms with Crippen LogP contribution in [0, 0.1) is 0 Å². The van der Waals surface area contributed by atoms with Gasteiger partial charge in [0.15, 0.2) is 0 Å². The Morgan fingerprint density at radius 2 is 0.842 bits per heavy atom. The summed E-state index contributed by atoms with van der Waals surface area (Å²) in [5.41, 5.74) is 0. The molecule has 0 aromatic heterocycles. The van der Waals surface area contributed by atoms with Gasteiger partial charge in [0.1, 0.15) is 6.10 Å². The lowest BCUT2D eigenvalue weighted by atomic mass is 10.0. The molecule has 0 spiro atoms. The molecule has 1 N–H and O–H groups in total. The van der Waals surface area contributed by atoms with Crippen molar-refractivity contribution >= 4 is 11.9 Å². The van der Waals surface area contributed by atoms with Gasteiger partial charge in [0, 0.05) is 12.8 Å². The van der Waals surface area contributed by atoms with Gasteiger partial charge < -0.3 is 9.84 Å². The van der Waals surface area contributed by atoms with E-state index >= 15 is 0 Å². The Hall–Kier alpha value is -1.06. The van der Waals surface area contributed by atoms with Crippen molar-refractivity contribution in [3.8, 4) is 0 Å². The topological polar surface area (TPSA) is 63.6 Å². The maximum Gasteiger partial charge on any atom is 0.306 e. The highest BCUT2D eigenvalue weighted by Crippen LogP contribution is 2.17. The highest BCUT2D eigenvalue weighted by molar-refractivity contribution is 5.69. The van der Waals surface area contributed by atoms with Crippen molar-refractivity contribution in [1.82, 2.24) is 0 Å². The van der Waals surface area contributed by atoms with E-state index in [1.807, 2.05) is 0 Å². The number of carboxylic acids is 1. The normalized spacial score (nSPS) is 12.1. The molecule has 0 aliphatic heterocycles. The van der Waals surface area contributed by atoms with Crippen LogP contribution >= 0.6 is 0 Å². The van der Waals surface area contributed by atoms with Crippen LogP contribution in [-0.2, 0) is 14.3 Å². The van der Waals surface area contributed by atoms with Crippen LogP contribution in [0.2, 0.25) is 0 Å². The molecule has 38 heavy (non-hydrogen) atoms. The van der Waals surface area contributed by atoms with Crippen LogP contribution < -0.4 is 0 Å². The van der Waals surface area contributed by atoms with E-state index < -0.39 is 5.97 Å². The average molecular weight is 539 g/mol. The number of hydrogen-bond acceptors (Lipinski definition) is 3. The van der Waals surface area contributed by atoms with Crippen molar-refractivity contribution in [2.75, 3.05) is 0 Å². The summed E-state index contributed by atoms with van der Waals surface area (Å²) in [5, 5.41) is 8.64. The fraction of sp³-hybridized carbons (Fsp3) is 0.941. The summed E-state index contributed by atoms with van der Waals surface area (Å²) < 4.78 is 5.75. The first kappa shape index (κ1) is 36.9. The summed E-state index contributed by atoms with van der Waals surface area (Å²) in [6.45, 7) is 4.41. The van der Waals surface area contributed by atoms with Gasteiger partial charge in [-0.1, -0.05) is 155 Å². The number of aliphatic carboxylic acids is 1. The van der Waals surface area contributed by atoms with E-state index in [1.54, 1.807) is 0 Å². The summed E-state index contributed by atoms with van der Waals surface area (Å²) in [4.78, 5) is 22.7. The van der Waals surface area contributed by atoms with E-state index in [0.717, 1.165) is 44.9 Å². The van der Waals surface area contributed by atoms with Crippen LogP contribution in [0.25, 0.3) is 0 Å². The fourth-order valence-corrected chi connectivity index (χ4v) is 5.29. The lowest BCUT2D eigenvalue weighted by Gasteiger charge is -2.16. The molecular formula is C34H66O4. The molecule has 0 aliphatic carbocycles. The number of carboxylic acid groups (broad SMARTS) is 1. The number of rotatable bonds is 31. The molecule has 0 rings (SSSR count). The summed E-state index contributed by atoms with van der Waals surface area (Å²) >= 11 is 0. The van der Waals surface area contributed by atoms with Gasteiger partial charge in [-0.3, -0.25) is 9.59 Å². The Labute approximate surface area is 237 Å². The monoisotopic (exact) mass is 538 g/mol. The van der Waals surface area contributed by atoms with Crippen molar-refractivity contribution < 1.29 is 19.4 Å². The number of carbonyl (C=O) groups excluding carboxylic acids is 1. The minimum Gasteiger partial charge on any atom is -0.481 e. The van der Waals surface area contributed by atoms with Crippen LogP contribution in [0.1, 0.15) is 200 Å². The van der Waals surface area contributed by atoms with Gasteiger partial charge in [-0.2, -0.15) is 0 Å². The van der Waals surface area contributed by atoms with Gasteiger partial charge in [-0.25, -0.2) is 0 Å². The van der Waals surface area contributed by atoms with Gasteiger partial charge in [-0.05, 0) is 32.1 Å². The van der Waals surface area contributed by atoms with Gasteiger partial charge in [0.05, 0.1) is 0 Å². The molecule has 0 bridgehead atoms. The van der Waals surface area contributed by atoms with E-state index in [9.17, 15) is 9.59 Å². The van der Waals surface area contributed by atoms with Gasteiger partial charge in [0.25, 0.3) is 0 Å². The smallest absolute Gasteiger partial charge is 0.306 e. The van der Waals surface area contributed by atoms with Crippen LogP contribution in [0.3, 0.4) is 0 Å². The summed E-state index contributed by atoms with van der Waals surface area (Å²) in [7, 11) is 0. The van der Waals surface area contributed by atoms with E-state index in [4.69, 9.17) is 9.84 Å². The summed E-state index contributed by atoms with van der Waals surface area (Å²) in [5.74, 6) is -0.660.